The fraction of sp³-hybridized carbons (Fsp3) is 0. The zero-order valence-electron chi connectivity index (χ0n) is 15.2. The number of rotatable bonds is 4. The minimum Gasteiger partial charge on any atom is -0.397 e. The number of carbonyl (C=O) groups excluding carboxylic acids is 1. The van der Waals surface area contributed by atoms with Crippen LogP contribution >= 0.6 is 0 Å². The number of anilines is 2. The van der Waals surface area contributed by atoms with E-state index in [-0.39, 0.29) is 5.91 Å². The van der Waals surface area contributed by atoms with Gasteiger partial charge in [-0.05, 0) is 52.6 Å². The van der Waals surface area contributed by atoms with Gasteiger partial charge in [0, 0.05) is 18.0 Å². The first-order valence-corrected chi connectivity index (χ1v) is 8.97. The topological polar surface area (TPSA) is 68.0 Å². The minimum atomic E-state index is -0.199. The van der Waals surface area contributed by atoms with E-state index >= 15 is 0 Å². The number of nitrogens with zero attached hydrogens (tertiary/aromatic N) is 1. The lowest BCUT2D eigenvalue weighted by molar-refractivity contribution is 0.102. The number of nitrogens with one attached hydrogen (secondary N) is 1. The number of hydrogen-bond donors (Lipinski definition) is 2. The van der Waals surface area contributed by atoms with Crippen LogP contribution in [0.2, 0.25) is 0 Å². The molecule has 136 valence electrons. The van der Waals surface area contributed by atoms with E-state index in [0.29, 0.717) is 16.9 Å². The van der Waals surface area contributed by atoms with Gasteiger partial charge in [-0.3, -0.25) is 9.78 Å². The van der Waals surface area contributed by atoms with Crippen molar-refractivity contribution in [2.75, 3.05) is 11.1 Å². The van der Waals surface area contributed by atoms with E-state index in [1.807, 2.05) is 72.8 Å². The highest BCUT2D eigenvalue weighted by atomic mass is 16.1. The molecule has 0 aliphatic heterocycles. The molecule has 4 heteroatoms. The van der Waals surface area contributed by atoms with E-state index < -0.39 is 0 Å². The highest BCUT2D eigenvalue weighted by Gasteiger charge is 2.10. The van der Waals surface area contributed by atoms with Crippen LogP contribution in [0, 0.1) is 0 Å². The molecule has 3 N–H and O–H groups in total. The normalized spacial score (nSPS) is 10.4. The van der Waals surface area contributed by atoms with E-state index in [2.05, 4.69) is 10.3 Å². The number of nitrogens with two attached hydrogens (primary N) is 1. The molecular formula is C24H19N3O. The standard InChI is InChI=1S/C24H19N3O/c25-22-13-12-20(17-5-2-1-3-6-17)15-23(22)27-24(28)19-10-8-18(9-11-19)21-7-4-14-26-16-21/h1-16H,25H2,(H,27,28). The van der Waals surface area contributed by atoms with E-state index in [1.54, 1.807) is 24.5 Å². The fourth-order valence-electron chi connectivity index (χ4n) is 3.02. The smallest absolute Gasteiger partial charge is 0.255 e. The summed E-state index contributed by atoms with van der Waals surface area (Å²) >= 11 is 0. The maximum absolute atomic E-state index is 12.7. The summed E-state index contributed by atoms with van der Waals surface area (Å²) in [7, 11) is 0. The van der Waals surface area contributed by atoms with Gasteiger partial charge >= 0.3 is 0 Å². The second kappa shape index (κ2) is 7.76. The average Bonchev–Trinajstić information content (AvgIpc) is 2.76. The number of pyridine rings is 1. The SMILES string of the molecule is Nc1ccc(-c2ccccc2)cc1NC(=O)c1ccc(-c2cccnc2)cc1. The Morgan fingerprint density at radius 2 is 1.43 bits per heavy atom. The maximum Gasteiger partial charge on any atom is 0.255 e. The van der Waals surface area contributed by atoms with Crippen LogP contribution in [0.25, 0.3) is 22.3 Å². The number of hydrogen-bond acceptors (Lipinski definition) is 3. The zero-order chi connectivity index (χ0) is 19.3. The summed E-state index contributed by atoms with van der Waals surface area (Å²) in [4.78, 5) is 16.8. The Labute approximate surface area is 163 Å². The van der Waals surface area contributed by atoms with Gasteiger partial charge in [0.1, 0.15) is 0 Å². The molecule has 0 aliphatic carbocycles. The molecule has 0 bridgehead atoms. The summed E-state index contributed by atoms with van der Waals surface area (Å²) in [6.07, 6.45) is 3.53. The predicted molar refractivity (Wildman–Crippen MR) is 114 cm³/mol. The van der Waals surface area contributed by atoms with Gasteiger partial charge in [0.25, 0.3) is 5.91 Å². The van der Waals surface area contributed by atoms with E-state index in [9.17, 15) is 4.79 Å². The molecule has 4 aromatic rings. The molecule has 0 radical (unpaired) electrons. The van der Waals surface area contributed by atoms with Crippen molar-refractivity contribution in [3.8, 4) is 22.3 Å². The fourth-order valence-corrected chi connectivity index (χ4v) is 3.02. The number of carbonyl (C=O) groups is 1. The van der Waals surface area contributed by atoms with Gasteiger partial charge in [0.15, 0.2) is 0 Å². The summed E-state index contributed by atoms with van der Waals surface area (Å²) < 4.78 is 0. The first-order chi connectivity index (χ1) is 13.7. The molecule has 1 aromatic heterocycles. The number of aromatic nitrogens is 1. The van der Waals surface area contributed by atoms with Gasteiger partial charge in [-0.2, -0.15) is 0 Å². The molecule has 4 nitrogen and oxygen atoms in total. The number of benzene rings is 3. The van der Waals surface area contributed by atoms with E-state index in [1.165, 1.54) is 0 Å². The minimum absolute atomic E-state index is 0.199. The summed E-state index contributed by atoms with van der Waals surface area (Å²) in [6.45, 7) is 0. The molecule has 0 saturated heterocycles. The highest BCUT2D eigenvalue weighted by molar-refractivity contribution is 6.06. The Morgan fingerprint density at radius 1 is 0.750 bits per heavy atom. The van der Waals surface area contributed by atoms with Crippen molar-refractivity contribution in [2.24, 2.45) is 0 Å². The van der Waals surface area contributed by atoms with Crippen LogP contribution in [0.3, 0.4) is 0 Å². The molecule has 0 aliphatic rings. The molecule has 4 rings (SSSR count). The van der Waals surface area contributed by atoms with Crippen molar-refractivity contribution in [1.29, 1.82) is 0 Å². The summed E-state index contributed by atoms with van der Waals surface area (Å²) in [5.74, 6) is -0.199. The van der Waals surface area contributed by atoms with Crippen LogP contribution in [0.4, 0.5) is 11.4 Å². The van der Waals surface area contributed by atoms with Crippen molar-refractivity contribution < 1.29 is 4.79 Å². The van der Waals surface area contributed by atoms with Gasteiger partial charge in [-0.25, -0.2) is 0 Å². The average molecular weight is 365 g/mol. The molecule has 0 unspecified atom stereocenters. The van der Waals surface area contributed by atoms with Gasteiger partial charge in [0.2, 0.25) is 0 Å². The molecule has 0 fully saturated rings. The number of nitrogen functional groups attached to an aromatic ring is 1. The molecule has 1 heterocycles. The lowest BCUT2D eigenvalue weighted by Crippen LogP contribution is -2.13. The quantitative estimate of drug-likeness (QED) is 0.485. The Hall–Kier alpha value is -3.92. The van der Waals surface area contributed by atoms with Crippen LogP contribution in [0.1, 0.15) is 10.4 Å². The maximum atomic E-state index is 12.7. The lowest BCUT2D eigenvalue weighted by Gasteiger charge is -2.11. The Bertz CT molecular complexity index is 1090. The van der Waals surface area contributed by atoms with Crippen LogP contribution in [0.5, 0.6) is 0 Å². The molecule has 3 aromatic carbocycles. The zero-order valence-corrected chi connectivity index (χ0v) is 15.2. The second-order valence-corrected chi connectivity index (χ2v) is 6.44. The molecule has 0 saturated carbocycles. The predicted octanol–water partition coefficient (Wildman–Crippen LogP) is 5.25. The van der Waals surface area contributed by atoms with Crippen LogP contribution in [-0.2, 0) is 0 Å². The van der Waals surface area contributed by atoms with Crippen molar-refractivity contribution in [2.45, 2.75) is 0 Å². The van der Waals surface area contributed by atoms with Gasteiger partial charge in [-0.1, -0.05) is 54.6 Å². The Balaban J connectivity index is 1.55. The highest BCUT2D eigenvalue weighted by Crippen LogP contribution is 2.28. The molecular weight excluding hydrogens is 346 g/mol. The van der Waals surface area contributed by atoms with E-state index in [0.717, 1.165) is 22.3 Å². The summed E-state index contributed by atoms with van der Waals surface area (Å²) in [6, 6.07) is 26.9. The van der Waals surface area contributed by atoms with Gasteiger partial charge in [-0.15, -0.1) is 0 Å². The third kappa shape index (κ3) is 3.76. The third-order valence-corrected chi connectivity index (χ3v) is 4.55. The lowest BCUT2D eigenvalue weighted by atomic mass is 10.0. The second-order valence-electron chi connectivity index (χ2n) is 6.44. The summed E-state index contributed by atoms with van der Waals surface area (Å²) in [5.41, 5.74) is 11.9. The number of amides is 1. The van der Waals surface area contributed by atoms with Crippen LogP contribution in [0.15, 0.2) is 97.3 Å². The van der Waals surface area contributed by atoms with Crippen LogP contribution < -0.4 is 11.1 Å². The Kier molecular flexibility index (Phi) is 4.85. The van der Waals surface area contributed by atoms with E-state index in [4.69, 9.17) is 5.73 Å². The molecule has 0 atom stereocenters. The molecule has 1 amide bonds. The van der Waals surface area contributed by atoms with Gasteiger partial charge < -0.3 is 11.1 Å². The Morgan fingerprint density at radius 3 is 2.14 bits per heavy atom. The van der Waals surface area contributed by atoms with Gasteiger partial charge in [0.05, 0.1) is 11.4 Å². The summed E-state index contributed by atoms with van der Waals surface area (Å²) in [5, 5.41) is 2.92. The monoisotopic (exact) mass is 365 g/mol. The molecule has 28 heavy (non-hydrogen) atoms. The largest absolute Gasteiger partial charge is 0.397 e. The molecule has 0 spiro atoms. The third-order valence-electron chi connectivity index (χ3n) is 4.55. The first-order valence-electron chi connectivity index (χ1n) is 8.97. The van der Waals surface area contributed by atoms with Crippen molar-refractivity contribution in [3.05, 3.63) is 103 Å². The first kappa shape index (κ1) is 17.5. The van der Waals surface area contributed by atoms with Crippen molar-refractivity contribution >= 4 is 17.3 Å². The van der Waals surface area contributed by atoms with Crippen LogP contribution in [-0.4, -0.2) is 10.9 Å². The van der Waals surface area contributed by atoms with Crippen molar-refractivity contribution in [3.63, 3.8) is 0 Å². The van der Waals surface area contributed by atoms with Crippen molar-refractivity contribution in [1.82, 2.24) is 4.98 Å².